The summed E-state index contributed by atoms with van der Waals surface area (Å²) in [5, 5.41) is 0. The quantitative estimate of drug-likeness (QED) is 0.245. The van der Waals surface area contributed by atoms with Crippen LogP contribution in [0.25, 0.3) is 0 Å². The molecule has 0 spiro atoms. The molecule has 0 saturated heterocycles. The van der Waals surface area contributed by atoms with Crippen molar-refractivity contribution in [2.24, 2.45) is 0 Å². The molecule has 180 valence electrons. The van der Waals surface area contributed by atoms with Gasteiger partial charge in [0.1, 0.15) is 0 Å². The second-order valence-electron chi connectivity index (χ2n) is 9.86. The molecule has 0 radical (unpaired) electrons. The Kier molecular flexibility index (Phi) is 8.26. The Labute approximate surface area is 211 Å². The number of rotatable bonds is 10. The number of anilines is 2. The van der Waals surface area contributed by atoms with Crippen molar-refractivity contribution in [2.75, 3.05) is 11.5 Å². The second-order valence-corrected chi connectivity index (χ2v) is 9.86. The van der Waals surface area contributed by atoms with E-state index in [1.807, 2.05) is 12.1 Å². The molecule has 0 aliphatic carbocycles. The molecule has 0 aliphatic heterocycles. The first-order chi connectivity index (χ1) is 17.0. The van der Waals surface area contributed by atoms with Gasteiger partial charge in [0.25, 0.3) is 0 Å². The summed E-state index contributed by atoms with van der Waals surface area (Å²) in [6, 6.07) is 30.8. The van der Waals surface area contributed by atoms with Gasteiger partial charge in [0.05, 0.1) is 0 Å². The summed E-state index contributed by atoms with van der Waals surface area (Å²) in [6.45, 7) is 4.29. The van der Waals surface area contributed by atoms with E-state index in [4.69, 9.17) is 11.5 Å². The van der Waals surface area contributed by atoms with Crippen molar-refractivity contribution < 1.29 is 0 Å². The van der Waals surface area contributed by atoms with Crippen molar-refractivity contribution >= 4 is 11.4 Å². The SMILES string of the molecule is Cc1cc(N)ccc1CCc1ccc(CCCc2ccc(CCc3ccc(N)cc3C)cc2)cc1. The molecule has 4 rings (SSSR count). The third-order valence-corrected chi connectivity index (χ3v) is 7.08. The minimum Gasteiger partial charge on any atom is -0.399 e. The number of benzene rings is 4. The summed E-state index contributed by atoms with van der Waals surface area (Å²) in [6.07, 6.45) is 7.66. The molecule has 0 heterocycles. The maximum Gasteiger partial charge on any atom is 0.0316 e. The van der Waals surface area contributed by atoms with Gasteiger partial charge in [-0.05, 0) is 128 Å². The lowest BCUT2D eigenvalue weighted by atomic mass is 9.97. The first kappa shape index (κ1) is 24.6. The van der Waals surface area contributed by atoms with Gasteiger partial charge < -0.3 is 11.5 Å². The van der Waals surface area contributed by atoms with E-state index in [2.05, 4.69) is 86.6 Å². The molecule has 2 nitrogen and oxygen atoms in total. The van der Waals surface area contributed by atoms with Crippen LogP contribution in [0.3, 0.4) is 0 Å². The lowest BCUT2D eigenvalue weighted by Gasteiger charge is -2.09. The van der Waals surface area contributed by atoms with Crippen molar-refractivity contribution in [1.82, 2.24) is 0 Å². The lowest BCUT2D eigenvalue weighted by molar-refractivity contribution is 0.818. The molecule has 35 heavy (non-hydrogen) atoms. The van der Waals surface area contributed by atoms with Gasteiger partial charge in [0.2, 0.25) is 0 Å². The first-order valence-electron chi connectivity index (χ1n) is 12.8. The van der Waals surface area contributed by atoms with Crippen molar-refractivity contribution in [2.45, 2.75) is 58.8 Å². The van der Waals surface area contributed by atoms with Gasteiger partial charge >= 0.3 is 0 Å². The molecule has 0 saturated carbocycles. The highest BCUT2D eigenvalue weighted by molar-refractivity contribution is 5.45. The van der Waals surface area contributed by atoms with Crippen molar-refractivity contribution in [1.29, 1.82) is 0 Å². The third-order valence-electron chi connectivity index (χ3n) is 7.08. The third kappa shape index (κ3) is 7.23. The van der Waals surface area contributed by atoms with Gasteiger partial charge in [-0.2, -0.15) is 0 Å². The van der Waals surface area contributed by atoms with Crippen LogP contribution in [-0.4, -0.2) is 0 Å². The summed E-state index contributed by atoms with van der Waals surface area (Å²) in [7, 11) is 0. The van der Waals surface area contributed by atoms with Crippen LogP contribution in [0.2, 0.25) is 0 Å². The molecule has 4 aromatic carbocycles. The Morgan fingerprint density at radius 3 is 1.11 bits per heavy atom. The van der Waals surface area contributed by atoms with Crippen molar-refractivity contribution in [3.63, 3.8) is 0 Å². The Balaban J connectivity index is 1.20. The molecule has 2 heteroatoms. The summed E-state index contributed by atoms with van der Waals surface area (Å²) >= 11 is 0. The number of nitrogen functional groups attached to an aromatic ring is 2. The minimum atomic E-state index is 0.844. The molecular formula is C33H38N2. The number of nitrogens with two attached hydrogens (primary N) is 2. The molecular weight excluding hydrogens is 424 g/mol. The van der Waals surface area contributed by atoms with Crippen LogP contribution in [0, 0.1) is 13.8 Å². The monoisotopic (exact) mass is 462 g/mol. The summed E-state index contributed by atoms with van der Waals surface area (Å²) in [5.74, 6) is 0. The maximum absolute atomic E-state index is 5.87. The fraction of sp³-hybridized carbons (Fsp3) is 0.273. The lowest BCUT2D eigenvalue weighted by Crippen LogP contribution is -1.97. The Morgan fingerprint density at radius 1 is 0.429 bits per heavy atom. The van der Waals surface area contributed by atoms with Crippen molar-refractivity contribution in [3.05, 3.63) is 129 Å². The van der Waals surface area contributed by atoms with Crippen LogP contribution in [0.15, 0.2) is 84.9 Å². The topological polar surface area (TPSA) is 52.0 Å². The van der Waals surface area contributed by atoms with Crippen LogP contribution in [0.4, 0.5) is 11.4 Å². The Hall–Kier alpha value is -3.52. The fourth-order valence-electron chi connectivity index (χ4n) is 4.80. The molecule has 4 N–H and O–H groups in total. The predicted molar refractivity (Wildman–Crippen MR) is 151 cm³/mol. The van der Waals surface area contributed by atoms with E-state index >= 15 is 0 Å². The normalized spacial score (nSPS) is 11.0. The fourth-order valence-corrected chi connectivity index (χ4v) is 4.80. The van der Waals surface area contributed by atoms with Crippen LogP contribution in [-0.2, 0) is 38.5 Å². The highest BCUT2D eigenvalue weighted by Gasteiger charge is 2.03. The second kappa shape index (κ2) is 11.8. The number of hydrogen-bond donors (Lipinski definition) is 2. The molecule has 0 bridgehead atoms. The Morgan fingerprint density at radius 2 is 0.771 bits per heavy atom. The molecule has 0 fully saturated rings. The van der Waals surface area contributed by atoms with E-state index in [-0.39, 0.29) is 0 Å². The van der Waals surface area contributed by atoms with Gasteiger partial charge in [-0.15, -0.1) is 0 Å². The van der Waals surface area contributed by atoms with E-state index in [1.165, 1.54) is 50.9 Å². The molecule has 0 aromatic heterocycles. The zero-order valence-electron chi connectivity index (χ0n) is 21.2. The minimum absolute atomic E-state index is 0.844. The summed E-state index contributed by atoms with van der Waals surface area (Å²) in [4.78, 5) is 0. The van der Waals surface area contributed by atoms with E-state index in [9.17, 15) is 0 Å². The predicted octanol–water partition coefficient (Wildman–Crippen LogP) is 7.21. The largest absolute Gasteiger partial charge is 0.399 e. The van der Waals surface area contributed by atoms with Crippen LogP contribution >= 0.6 is 0 Å². The van der Waals surface area contributed by atoms with Crippen LogP contribution in [0.1, 0.15) is 50.9 Å². The molecule has 0 unspecified atom stereocenters. The molecule has 0 atom stereocenters. The molecule has 0 aliphatic rings. The smallest absolute Gasteiger partial charge is 0.0316 e. The molecule has 4 aromatic rings. The highest BCUT2D eigenvalue weighted by Crippen LogP contribution is 2.18. The molecule has 0 amide bonds. The van der Waals surface area contributed by atoms with Crippen LogP contribution in [0.5, 0.6) is 0 Å². The van der Waals surface area contributed by atoms with E-state index in [1.54, 1.807) is 0 Å². The van der Waals surface area contributed by atoms with Crippen molar-refractivity contribution in [3.8, 4) is 0 Å². The zero-order valence-corrected chi connectivity index (χ0v) is 21.2. The summed E-state index contributed by atoms with van der Waals surface area (Å²) < 4.78 is 0. The summed E-state index contributed by atoms with van der Waals surface area (Å²) in [5.41, 5.74) is 24.4. The van der Waals surface area contributed by atoms with E-state index in [0.29, 0.717) is 0 Å². The maximum atomic E-state index is 5.87. The highest BCUT2D eigenvalue weighted by atomic mass is 14.5. The average molecular weight is 463 g/mol. The zero-order chi connectivity index (χ0) is 24.6. The standard InChI is InChI=1S/C33H38N2/c1-24-22-32(34)20-18-30(24)16-14-28-10-6-26(7-11-28)4-3-5-27-8-12-29(13-9-27)15-17-31-19-21-33(35)23-25(31)2/h6-13,18-23H,3-5,14-17,34-35H2,1-2H3. The number of aryl methyl sites for hydroxylation is 8. The average Bonchev–Trinajstić information content (AvgIpc) is 2.85. The van der Waals surface area contributed by atoms with Gasteiger partial charge in [-0.1, -0.05) is 60.7 Å². The van der Waals surface area contributed by atoms with E-state index < -0.39 is 0 Å². The van der Waals surface area contributed by atoms with E-state index in [0.717, 1.165) is 49.9 Å². The first-order valence-corrected chi connectivity index (χ1v) is 12.8. The van der Waals surface area contributed by atoms with Gasteiger partial charge in [0, 0.05) is 11.4 Å². The Bertz CT molecular complexity index is 1140. The van der Waals surface area contributed by atoms with Crippen LogP contribution < -0.4 is 11.5 Å². The van der Waals surface area contributed by atoms with Gasteiger partial charge in [-0.25, -0.2) is 0 Å². The number of hydrogen-bond acceptors (Lipinski definition) is 2. The van der Waals surface area contributed by atoms with Gasteiger partial charge in [0.15, 0.2) is 0 Å². The van der Waals surface area contributed by atoms with Gasteiger partial charge in [-0.3, -0.25) is 0 Å².